The second kappa shape index (κ2) is 8.64. The molecule has 0 N–H and O–H groups in total. The number of amides is 1. The topological polar surface area (TPSA) is 34.5 Å². The Morgan fingerprint density at radius 3 is 2.60 bits per heavy atom. The Kier molecular flexibility index (Phi) is 6.54. The molecule has 1 aromatic carbocycles. The van der Waals surface area contributed by atoms with Crippen LogP contribution < -0.4 is 4.74 Å². The molecular formula is C26H40N2O2. The molecule has 30 heavy (non-hydrogen) atoms. The van der Waals surface area contributed by atoms with Gasteiger partial charge in [-0.1, -0.05) is 41.5 Å². The summed E-state index contributed by atoms with van der Waals surface area (Å²) in [6, 6.07) is 6.32. The van der Waals surface area contributed by atoms with Gasteiger partial charge >= 0.3 is 0 Å². The maximum Gasteiger partial charge on any atom is 0.242 e. The van der Waals surface area contributed by atoms with Gasteiger partial charge in [0.05, 0.1) is 12.6 Å². The Morgan fingerprint density at radius 2 is 1.97 bits per heavy atom. The molecule has 1 aliphatic carbocycles. The highest BCUT2D eigenvalue weighted by Gasteiger charge is 2.31. The van der Waals surface area contributed by atoms with Crippen LogP contribution in [0.3, 0.4) is 0 Å². The van der Waals surface area contributed by atoms with Gasteiger partial charge in [0.2, 0.25) is 5.91 Å². The first-order valence-corrected chi connectivity index (χ1v) is 11.5. The van der Waals surface area contributed by atoms with Gasteiger partial charge in [0.1, 0.15) is 12.3 Å². The number of aromatic nitrogens is 1. The van der Waals surface area contributed by atoms with E-state index in [1.165, 1.54) is 23.1 Å². The molecule has 0 spiro atoms. The Morgan fingerprint density at radius 1 is 1.23 bits per heavy atom. The average Bonchev–Trinajstić information content (AvgIpc) is 2.95. The summed E-state index contributed by atoms with van der Waals surface area (Å²) in [7, 11) is 1.71. The number of carbonyl (C=O) groups is 1. The molecule has 3 rings (SSSR count). The van der Waals surface area contributed by atoms with Crippen LogP contribution in [0.25, 0.3) is 10.9 Å². The first-order chi connectivity index (χ1) is 14.0. The van der Waals surface area contributed by atoms with Crippen molar-refractivity contribution in [2.75, 3.05) is 20.2 Å². The highest BCUT2D eigenvalue weighted by Crippen LogP contribution is 2.40. The first kappa shape index (κ1) is 22.7. The molecule has 1 aromatic heterocycles. The van der Waals surface area contributed by atoms with E-state index in [-0.39, 0.29) is 16.7 Å². The van der Waals surface area contributed by atoms with Gasteiger partial charge < -0.3 is 14.2 Å². The second-order valence-electron chi connectivity index (χ2n) is 10.9. The summed E-state index contributed by atoms with van der Waals surface area (Å²) in [5, 5.41) is 1.28. The van der Waals surface area contributed by atoms with Gasteiger partial charge in [-0.05, 0) is 60.6 Å². The molecule has 1 amide bonds. The summed E-state index contributed by atoms with van der Waals surface area (Å²) in [5.41, 5.74) is 4.40. The quantitative estimate of drug-likeness (QED) is 0.572. The van der Waals surface area contributed by atoms with Gasteiger partial charge in [0.15, 0.2) is 0 Å². The van der Waals surface area contributed by atoms with E-state index in [1.807, 2.05) is 6.07 Å². The number of aryl methyl sites for hydroxylation is 1. The number of carbonyl (C=O) groups excluding carboxylic acids is 1. The van der Waals surface area contributed by atoms with E-state index in [0.29, 0.717) is 6.54 Å². The largest absolute Gasteiger partial charge is 0.497 e. The SMILES string of the molecule is CCCN(CCC(C)(C)C)C(=O)Cn1c2c(c3ccc(OC)cc31)CCC(C)(C)C2. The standard InChI is InChI=1S/C26H40N2O2/c1-8-14-27(15-13-25(2,3)4)24(29)18-28-22-16-19(30-7)9-10-20(22)21-11-12-26(5,6)17-23(21)28/h9-10,16H,8,11-15,17-18H2,1-7H3. The Balaban J connectivity index is 1.98. The van der Waals surface area contributed by atoms with Crippen molar-refractivity contribution < 1.29 is 9.53 Å². The van der Waals surface area contributed by atoms with Gasteiger partial charge in [-0.15, -0.1) is 0 Å². The van der Waals surface area contributed by atoms with Crippen LogP contribution in [0.5, 0.6) is 5.75 Å². The lowest BCUT2D eigenvalue weighted by atomic mass is 9.76. The Hall–Kier alpha value is -1.97. The molecular weight excluding hydrogens is 372 g/mol. The fraction of sp³-hybridized carbons (Fsp3) is 0.654. The fourth-order valence-corrected chi connectivity index (χ4v) is 4.58. The van der Waals surface area contributed by atoms with Crippen LogP contribution in [0, 0.1) is 10.8 Å². The lowest BCUT2D eigenvalue weighted by Gasteiger charge is -2.31. The van der Waals surface area contributed by atoms with E-state index >= 15 is 0 Å². The molecule has 4 nitrogen and oxygen atoms in total. The molecule has 1 heterocycles. The summed E-state index contributed by atoms with van der Waals surface area (Å²) in [6.45, 7) is 15.6. The zero-order valence-corrected chi connectivity index (χ0v) is 20.1. The first-order valence-electron chi connectivity index (χ1n) is 11.5. The van der Waals surface area contributed by atoms with Crippen molar-refractivity contribution in [1.29, 1.82) is 0 Å². The predicted molar refractivity (Wildman–Crippen MR) is 125 cm³/mol. The molecule has 0 unspecified atom stereocenters. The van der Waals surface area contributed by atoms with E-state index < -0.39 is 0 Å². The number of hydrogen-bond acceptors (Lipinski definition) is 2. The molecule has 0 saturated heterocycles. The molecule has 0 bridgehead atoms. The van der Waals surface area contributed by atoms with Crippen molar-refractivity contribution in [3.8, 4) is 5.75 Å². The van der Waals surface area contributed by atoms with Crippen LogP contribution >= 0.6 is 0 Å². The van der Waals surface area contributed by atoms with Crippen LogP contribution in [-0.4, -0.2) is 35.6 Å². The number of rotatable bonds is 7. The number of ether oxygens (including phenoxy) is 1. The van der Waals surface area contributed by atoms with E-state index in [2.05, 4.69) is 63.1 Å². The minimum Gasteiger partial charge on any atom is -0.497 e. The summed E-state index contributed by atoms with van der Waals surface area (Å²) >= 11 is 0. The number of methoxy groups -OCH3 is 1. The third-order valence-corrected chi connectivity index (χ3v) is 6.46. The van der Waals surface area contributed by atoms with Crippen molar-refractivity contribution in [2.24, 2.45) is 10.8 Å². The van der Waals surface area contributed by atoms with E-state index in [9.17, 15) is 4.79 Å². The monoisotopic (exact) mass is 412 g/mol. The fourth-order valence-electron chi connectivity index (χ4n) is 4.58. The maximum absolute atomic E-state index is 13.4. The molecule has 0 radical (unpaired) electrons. The van der Waals surface area contributed by atoms with Crippen molar-refractivity contribution in [1.82, 2.24) is 9.47 Å². The van der Waals surface area contributed by atoms with Crippen LogP contribution in [0.15, 0.2) is 18.2 Å². The van der Waals surface area contributed by atoms with Gasteiger partial charge in [0, 0.05) is 30.2 Å². The Bertz CT molecular complexity index is 902. The van der Waals surface area contributed by atoms with Crippen LogP contribution in [0.1, 0.15) is 72.1 Å². The van der Waals surface area contributed by atoms with Crippen molar-refractivity contribution >= 4 is 16.8 Å². The van der Waals surface area contributed by atoms with E-state index in [1.54, 1.807) is 7.11 Å². The van der Waals surface area contributed by atoms with Crippen molar-refractivity contribution in [2.45, 2.75) is 80.2 Å². The van der Waals surface area contributed by atoms with Crippen LogP contribution in [0.4, 0.5) is 0 Å². The Labute approximate surface area is 182 Å². The van der Waals surface area contributed by atoms with Crippen LogP contribution in [0.2, 0.25) is 0 Å². The zero-order chi connectivity index (χ0) is 22.1. The molecule has 1 aliphatic rings. The number of nitrogens with zero attached hydrogens (tertiary/aromatic N) is 2. The lowest BCUT2D eigenvalue weighted by molar-refractivity contribution is -0.132. The highest BCUT2D eigenvalue weighted by molar-refractivity contribution is 5.89. The smallest absolute Gasteiger partial charge is 0.242 e. The van der Waals surface area contributed by atoms with Crippen molar-refractivity contribution in [3.63, 3.8) is 0 Å². The van der Waals surface area contributed by atoms with Gasteiger partial charge in [-0.25, -0.2) is 0 Å². The molecule has 0 saturated carbocycles. The minimum atomic E-state index is 0.225. The third-order valence-electron chi connectivity index (χ3n) is 6.46. The third kappa shape index (κ3) is 5.01. The highest BCUT2D eigenvalue weighted by atomic mass is 16.5. The maximum atomic E-state index is 13.4. The minimum absolute atomic E-state index is 0.225. The van der Waals surface area contributed by atoms with Gasteiger partial charge in [-0.3, -0.25) is 4.79 Å². The molecule has 0 fully saturated rings. The molecule has 4 heteroatoms. The molecule has 2 aromatic rings. The number of fused-ring (bicyclic) bond motifs is 3. The zero-order valence-electron chi connectivity index (χ0n) is 20.1. The lowest BCUT2D eigenvalue weighted by Crippen LogP contribution is -2.37. The van der Waals surface area contributed by atoms with Crippen molar-refractivity contribution in [3.05, 3.63) is 29.5 Å². The van der Waals surface area contributed by atoms with Gasteiger partial charge in [-0.2, -0.15) is 0 Å². The summed E-state index contributed by atoms with van der Waals surface area (Å²) in [6.07, 6.45) is 5.29. The molecule has 0 atom stereocenters. The van der Waals surface area contributed by atoms with Gasteiger partial charge in [0.25, 0.3) is 0 Å². The molecule has 0 aliphatic heterocycles. The second-order valence-corrected chi connectivity index (χ2v) is 10.9. The summed E-state index contributed by atoms with van der Waals surface area (Å²) in [5.74, 6) is 1.08. The van der Waals surface area contributed by atoms with Crippen LogP contribution in [-0.2, 0) is 24.2 Å². The van der Waals surface area contributed by atoms with E-state index in [4.69, 9.17) is 4.74 Å². The predicted octanol–water partition coefficient (Wildman–Crippen LogP) is 5.84. The van der Waals surface area contributed by atoms with E-state index in [0.717, 1.165) is 50.0 Å². The number of benzene rings is 1. The average molecular weight is 413 g/mol. The molecule has 166 valence electrons. The summed E-state index contributed by atoms with van der Waals surface area (Å²) in [4.78, 5) is 15.5. The summed E-state index contributed by atoms with van der Waals surface area (Å²) < 4.78 is 7.80. The normalized spacial score (nSPS) is 15.8. The number of hydrogen-bond donors (Lipinski definition) is 0.